The molecular weight excluding hydrogens is 318 g/mol. The summed E-state index contributed by atoms with van der Waals surface area (Å²) in [5, 5.41) is 22.6. The van der Waals surface area contributed by atoms with Gasteiger partial charge in [0.15, 0.2) is 0 Å². The van der Waals surface area contributed by atoms with Crippen molar-refractivity contribution in [1.82, 2.24) is 4.98 Å². The van der Waals surface area contributed by atoms with Gasteiger partial charge in [-0.05, 0) is 36.7 Å². The second-order valence-corrected chi connectivity index (χ2v) is 5.52. The third kappa shape index (κ3) is 3.40. The van der Waals surface area contributed by atoms with Crippen molar-refractivity contribution in [2.45, 2.75) is 20.8 Å². The fraction of sp³-hybridized carbons (Fsp3) is 0.455. The zero-order valence-electron chi connectivity index (χ0n) is 10.7. The Morgan fingerprint density at radius 3 is 2.68 bits per heavy atom. The number of pyridine rings is 1. The summed E-state index contributed by atoms with van der Waals surface area (Å²) in [5.41, 5.74) is -0.609. The van der Waals surface area contributed by atoms with Crippen LogP contribution in [0, 0.1) is 22.5 Å². The van der Waals surface area contributed by atoms with Crippen molar-refractivity contribution in [3.05, 3.63) is 26.3 Å². The van der Waals surface area contributed by atoms with Crippen LogP contribution in [0.25, 0.3) is 0 Å². The predicted octanol–water partition coefficient (Wildman–Crippen LogP) is 2.58. The number of halogens is 1. The minimum Gasteiger partial charge on any atom is -0.481 e. The molecule has 0 aliphatic heterocycles. The fourth-order valence-electron chi connectivity index (χ4n) is 1.26. The Hall–Kier alpha value is -1.70. The number of anilines is 1. The monoisotopic (exact) mass is 331 g/mol. The molecular formula is C11H14BrN3O4. The molecule has 0 bridgehead atoms. The third-order valence-corrected chi connectivity index (χ3v) is 3.68. The molecule has 0 saturated heterocycles. The molecule has 0 atom stereocenters. The molecule has 0 unspecified atom stereocenters. The number of carboxylic acid groups (broad SMARTS) is 1. The Bertz CT molecular complexity index is 531. The van der Waals surface area contributed by atoms with Gasteiger partial charge in [0.1, 0.15) is 12.0 Å². The van der Waals surface area contributed by atoms with Gasteiger partial charge in [0.05, 0.1) is 14.8 Å². The van der Waals surface area contributed by atoms with E-state index < -0.39 is 16.3 Å². The Labute approximate surface area is 118 Å². The summed E-state index contributed by atoms with van der Waals surface area (Å²) in [6.07, 6.45) is 1.15. The fourth-order valence-corrected chi connectivity index (χ4v) is 1.70. The van der Waals surface area contributed by atoms with E-state index >= 15 is 0 Å². The second kappa shape index (κ2) is 5.52. The number of nitrogens with zero attached hydrogens (tertiary/aromatic N) is 2. The highest BCUT2D eigenvalue weighted by atomic mass is 79.9. The summed E-state index contributed by atoms with van der Waals surface area (Å²) in [5.74, 6) is -0.549. The number of hydrogen-bond acceptors (Lipinski definition) is 5. The first-order chi connectivity index (χ1) is 8.66. The largest absolute Gasteiger partial charge is 0.481 e. The van der Waals surface area contributed by atoms with Crippen LogP contribution in [0.1, 0.15) is 19.4 Å². The lowest BCUT2D eigenvalue weighted by Crippen LogP contribution is -2.32. The van der Waals surface area contributed by atoms with Gasteiger partial charge in [-0.3, -0.25) is 14.9 Å². The first-order valence-electron chi connectivity index (χ1n) is 5.43. The lowest BCUT2D eigenvalue weighted by atomic mass is 9.94. The lowest BCUT2D eigenvalue weighted by Gasteiger charge is -2.20. The number of rotatable bonds is 5. The highest BCUT2D eigenvalue weighted by Gasteiger charge is 2.27. The number of carboxylic acids is 1. The van der Waals surface area contributed by atoms with E-state index in [9.17, 15) is 14.9 Å². The molecule has 1 rings (SSSR count). The normalized spacial score (nSPS) is 11.2. The quantitative estimate of drug-likeness (QED) is 0.634. The molecule has 19 heavy (non-hydrogen) atoms. The van der Waals surface area contributed by atoms with E-state index in [1.807, 2.05) is 0 Å². The average Bonchev–Trinajstić information content (AvgIpc) is 2.30. The topological polar surface area (TPSA) is 105 Å². The molecule has 104 valence electrons. The van der Waals surface area contributed by atoms with E-state index in [0.717, 1.165) is 6.20 Å². The molecule has 0 fully saturated rings. The van der Waals surface area contributed by atoms with Crippen LogP contribution in [0.5, 0.6) is 0 Å². The summed E-state index contributed by atoms with van der Waals surface area (Å²) in [7, 11) is 0. The number of nitrogens with one attached hydrogen (secondary N) is 1. The summed E-state index contributed by atoms with van der Waals surface area (Å²) in [4.78, 5) is 25.1. The number of hydrogen-bond donors (Lipinski definition) is 2. The van der Waals surface area contributed by atoms with Crippen LogP contribution < -0.4 is 5.32 Å². The second-order valence-electron chi connectivity index (χ2n) is 4.73. The van der Waals surface area contributed by atoms with Crippen molar-refractivity contribution in [1.29, 1.82) is 0 Å². The lowest BCUT2D eigenvalue weighted by molar-refractivity contribution is -0.385. The van der Waals surface area contributed by atoms with E-state index in [1.165, 1.54) is 0 Å². The van der Waals surface area contributed by atoms with Crippen molar-refractivity contribution >= 4 is 33.4 Å². The zero-order valence-corrected chi connectivity index (χ0v) is 12.3. The van der Waals surface area contributed by atoms with E-state index in [0.29, 0.717) is 15.9 Å². The molecule has 0 aliphatic carbocycles. The first-order valence-corrected chi connectivity index (χ1v) is 6.23. The average molecular weight is 332 g/mol. The minimum absolute atomic E-state index is 0.0880. The van der Waals surface area contributed by atoms with Crippen molar-refractivity contribution in [2.75, 3.05) is 11.9 Å². The standard InChI is InChI=1S/C11H14BrN3O4/c1-6-7(15(18)19)4-13-9(8(6)12)14-5-11(2,3)10(16)17/h4H,5H2,1-3H3,(H,13,14)(H,16,17). The summed E-state index contributed by atoms with van der Waals surface area (Å²) in [6.45, 7) is 4.91. The van der Waals surface area contributed by atoms with Crippen molar-refractivity contribution in [3.63, 3.8) is 0 Å². The molecule has 2 N–H and O–H groups in total. The van der Waals surface area contributed by atoms with E-state index in [4.69, 9.17) is 5.11 Å². The van der Waals surface area contributed by atoms with Gasteiger partial charge in [-0.1, -0.05) is 0 Å². The van der Waals surface area contributed by atoms with Crippen LogP contribution in [0.3, 0.4) is 0 Å². The van der Waals surface area contributed by atoms with E-state index in [2.05, 4.69) is 26.2 Å². The molecule has 0 radical (unpaired) electrons. The Morgan fingerprint density at radius 1 is 1.63 bits per heavy atom. The Balaban J connectivity index is 2.96. The van der Waals surface area contributed by atoms with Crippen molar-refractivity contribution in [2.24, 2.45) is 5.41 Å². The van der Waals surface area contributed by atoms with Crippen LogP contribution in [0.2, 0.25) is 0 Å². The molecule has 0 spiro atoms. The van der Waals surface area contributed by atoms with Gasteiger partial charge >= 0.3 is 5.97 Å². The molecule has 0 aromatic carbocycles. The predicted molar refractivity (Wildman–Crippen MR) is 73.2 cm³/mol. The number of carbonyl (C=O) groups is 1. The van der Waals surface area contributed by atoms with Crippen LogP contribution >= 0.6 is 15.9 Å². The molecule has 0 amide bonds. The molecule has 1 aromatic heterocycles. The smallest absolute Gasteiger partial charge is 0.310 e. The van der Waals surface area contributed by atoms with Crippen molar-refractivity contribution in [3.8, 4) is 0 Å². The molecule has 0 saturated carbocycles. The maximum atomic E-state index is 11.0. The van der Waals surface area contributed by atoms with Gasteiger partial charge in [-0.2, -0.15) is 0 Å². The highest BCUT2D eigenvalue weighted by Crippen LogP contribution is 2.31. The number of nitro groups is 1. The van der Waals surface area contributed by atoms with Crippen LogP contribution in [0.15, 0.2) is 10.7 Å². The molecule has 7 nitrogen and oxygen atoms in total. The van der Waals surface area contributed by atoms with E-state index in [-0.39, 0.29) is 12.2 Å². The maximum Gasteiger partial charge on any atom is 0.310 e. The van der Waals surface area contributed by atoms with Gasteiger partial charge in [0, 0.05) is 12.1 Å². The number of aliphatic carboxylic acids is 1. The number of aromatic nitrogens is 1. The van der Waals surface area contributed by atoms with Gasteiger partial charge in [-0.15, -0.1) is 0 Å². The zero-order chi connectivity index (χ0) is 14.8. The SMILES string of the molecule is Cc1c([N+](=O)[O-])cnc(NCC(C)(C)C(=O)O)c1Br. The van der Waals surface area contributed by atoms with E-state index in [1.54, 1.807) is 20.8 Å². The summed E-state index contributed by atoms with van der Waals surface area (Å²) in [6, 6.07) is 0. The molecule has 1 heterocycles. The Morgan fingerprint density at radius 2 is 2.21 bits per heavy atom. The first kappa shape index (κ1) is 15.4. The molecule has 0 aliphatic rings. The molecule has 1 aromatic rings. The maximum absolute atomic E-state index is 11.0. The summed E-state index contributed by atoms with van der Waals surface area (Å²) >= 11 is 3.23. The Kier molecular flexibility index (Phi) is 4.46. The van der Waals surface area contributed by atoms with Crippen LogP contribution in [-0.2, 0) is 4.79 Å². The van der Waals surface area contributed by atoms with Gasteiger partial charge in [0.25, 0.3) is 5.69 Å². The highest BCUT2D eigenvalue weighted by molar-refractivity contribution is 9.10. The molecule has 8 heteroatoms. The van der Waals surface area contributed by atoms with Crippen LogP contribution in [0.4, 0.5) is 11.5 Å². The van der Waals surface area contributed by atoms with Gasteiger partial charge in [-0.25, -0.2) is 4.98 Å². The van der Waals surface area contributed by atoms with Gasteiger partial charge < -0.3 is 10.4 Å². The third-order valence-electron chi connectivity index (χ3n) is 2.71. The van der Waals surface area contributed by atoms with Crippen molar-refractivity contribution < 1.29 is 14.8 Å². The van der Waals surface area contributed by atoms with Gasteiger partial charge in [0.2, 0.25) is 0 Å². The van der Waals surface area contributed by atoms with Crippen LogP contribution in [-0.4, -0.2) is 27.5 Å². The minimum atomic E-state index is -0.962. The summed E-state index contributed by atoms with van der Waals surface area (Å²) < 4.78 is 0.461.